The molecular weight excluding hydrogens is 328 g/mol. The smallest absolute Gasteiger partial charge is 0.0766 e. The molecule has 5 heteroatoms. The number of halogens is 1. The molecule has 1 aliphatic heterocycles. The van der Waals surface area contributed by atoms with Gasteiger partial charge < -0.3 is 5.73 Å². The highest BCUT2D eigenvalue weighted by Gasteiger charge is 2.38. The molecule has 0 amide bonds. The average Bonchev–Trinajstić information content (AvgIpc) is 3.10. The molecule has 1 saturated heterocycles. The molecule has 1 aromatic rings. The zero-order valence-corrected chi connectivity index (χ0v) is 15.4. The standard InChI is InChI=1S/C16H29BrN4/c1-5-12-15(17)13(20(4)19-12)11-14(18)16(3,6-2)21-9-7-8-10-21/h14H,5-11,18H2,1-4H3. The lowest BCUT2D eigenvalue weighted by Crippen LogP contribution is -2.57. The van der Waals surface area contributed by atoms with Crippen molar-refractivity contribution in [3.8, 4) is 0 Å². The predicted molar refractivity (Wildman–Crippen MR) is 91.5 cm³/mol. The van der Waals surface area contributed by atoms with E-state index < -0.39 is 0 Å². The summed E-state index contributed by atoms with van der Waals surface area (Å²) in [5.74, 6) is 0. The highest BCUT2D eigenvalue weighted by atomic mass is 79.9. The van der Waals surface area contributed by atoms with Crippen molar-refractivity contribution >= 4 is 15.9 Å². The molecule has 2 rings (SSSR count). The fraction of sp³-hybridized carbons (Fsp3) is 0.812. The number of rotatable bonds is 6. The van der Waals surface area contributed by atoms with E-state index in [1.165, 1.54) is 31.6 Å². The van der Waals surface area contributed by atoms with Crippen molar-refractivity contribution in [2.24, 2.45) is 12.8 Å². The van der Waals surface area contributed by atoms with Crippen molar-refractivity contribution in [2.75, 3.05) is 13.1 Å². The second kappa shape index (κ2) is 6.80. The van der Waals surface area contributed by atoms with Gasteiger partial charge in [0.15, 0.2) is 0 Å². The number of likely N-dealkylation sites (tertiary alicyclic amines) is 1. The van der Waals surface area contributed by atoms with Crippen molar-refractivity contribution in [2.45, 2.75) is 64.5 Å². The fourth-order valence-electron chi connectivity index (χ4n) is 3.42. The van der Waals surface area contributed by atoms with Crippen LogP contribution >= 0.6 is 15.9 Å². The van der Waals surface area contributed by atoms with Gasteiger partial charge in [-0.1, -0.05) is 13.8 Å². The second-order valence-corrected chi connectivity index (χ2v) is 7.19. The molecule has 21 heavy (non-hydrogen) atoms. The molecule has 4 nitrogen and oxygen atoms in total. The van der Waals surface area contributed by atoms with Crippen molar-refractivity contribution in [1.29, 1.82) is 0 Å². The minimum absolute atomic E-state index is 0.0760. The largest absolute Gasteiger partial charge is 0.326 e. The molecule has 120 valence electrons. The highest BCUT2D eigenvalue weighted by molar-refractivity contribution is 9.10. The van der Waals surface area contributed by atoms with Crippen LogP contribution in [-0.4, -0.2) is 39.4 Å². The molecule has 1 aliphatic rings. The maximum absolute atomic E-state index is 6.66. The summed E-state index contributed by atoms with van der Waals surface area (Å²) in [5.41, 5.74) is 9.08. The highest BCUT2D eigenvalue weighted by Crippen LogP contribution is 2.30. The molecule has 0 radical (unpaired) electrons. The van der Waals surface area contributed by atoms with Crippen molar-refractivity contribution < 1.29 is 0 Å². The van der Waals surface area contributed by atoms with Crippen LogP contribution in [0.3, 0.4) is 0 Å². The third-order valence-electron chi connectivity index (χ3n) is 5.26. The van der Waals surface area contributed by atoms with E-state index in [4.69, 9.17) is 5.73 Å². The van der Waals surface area contributed by atoms with Gasteiger partial charge in [-0.15, -0.1) is 0 Å². The quantitative estimate of drug-likeness (QED) is 0.852. The number of aryl methyl sites for hydroxylation is 2. The third-order valence-corrected chi connectivity index (χ3v) is 6.17. The Hall–Kier alpha value is -0.390. The van der Waals surface area contributed by atoms with Gasteiger partial charge in [-0.3, -0.25) is 9.58 Å². The first kappa shape index (κ1) is 17.0. The maximum Gasteiger partial charge on any atom is 0.0766 e. The van der Waals surface area contributed by atoms with Gasteiger partial charge in [0.05, 0.1) is 15.9 Å². The zero-order valence-electron chi connectivity index (χ0n) is 13.8. The molecule has 1 fully saturated rings. The Morgan fingerprint density at radius 2 is 1.95 bits per heavy atom. The van der Waals surface area contributed by atoms with Crippen LogP contribution < -0.4 is 5.73 Å². The van der Waals surface area contributed by atoms with Crippen LogP contribution in [0.5, 0.6) is 0 Å². The maximum atomic E-state index is 6.66. The van der Waals surface area contributed by atoms with Crippen molar-refractivity contribution in [3.63, 3.8) is 0 Å². The number of aromatic nitrogens is 2. The van der Waals surface area contributed by atoms with Gasteiger partial charge in [0.25, 0.3) is 0 Å². The Balaban J connectivity index is 2.19. The van der Waals surface area contributed by atoms with E-state index in [-0.39, 0.29) is 11.6 Å². The Kier molecular flexibility index (Phi) is 5.49. The van der Waals surface area contributed by atoms with Crippen LogP contribution in [0.4, 0.5) is 0 Å². The summed E-state index contributed by atoms with van der Waals surface area (Å²) in [5, 5.41) is 4.59. The van der Waals surface area contributed by atoms with E-state index in [0.29, 0.717) is 0 Å². The number of hydrogen-bond donors (Lipinski definition) is 1. The van der Waals surface area contributed by atoms with E-state index in [1.807, 2.05) is 11.7 Å². The summed E-state index contributed by atoms with van der Waals surface area (Å²) >= 11 is 3.71. The molecular formula is C16H29BrN4. The monoisotopic (exact) mass is 356 g/mol. The van der Waals surface area contributed by atoms with Crippen LogP contribution in [0.15, 0.2) is 4.47 Å². The lowest BCUT2D eigenvalue weighted by molar-refractivity contribution is 0.0991. The lowest BCUT2D eigenvalue weighted by atomic mass is 9.85. The van der Waals surface area contributed by atoms with Crippen molar-refractivity contribution in [3.05, 3.63) is 15.9 Å². The van der Waals surface area contributed by atoms with Crippen LogP contribution in [0.1, 0.15) is 51.4 Å². The molecule has 0 saturated carbocycles. The van der Waals surface area contributed by atoms with Crippen LogP contribution in [0, 0.1) is 0 Å². The van der Waals surface area contributed by atoms with E-state index in [0.717, 1.165) is 29.4 Å². The van der Waals surface area contributed by atoms with Crippen LogP contribution in [-0.2, 0) is 19.9 Å². The summed E-state index contributed by atoms with van der Waals surface area (Å²) in [6.07, 6.45) is 5.51. The number of nitrogens with zero attached hydrogens (tertiary/aromatic N) is 3. The Labute approximate surface area is 137 Å². The molecule has 0 spiro atoms. The molecule has 0 aliphatic carbocycles. The first-order valence-electron chi connectivity index (χ1n) is 8.14. The first-order chi connectivity index (χ1) is 9.93. The summed E-state index contributed by atoms with van der Waals surface area (Å²) < 4.78 is 3.13. The number of hydrogen-bond acceptors (Lipinski definition) is 3. The minimum Gasteiger partial charge on any atom is -0.326 e. The molecule has 0 aromatic carbocycles. The molecule has 1 aromatic heterocycles. The first-order valence-corrected chi connectivity index (χ1v) is 8.94. The zero-order chi connectivity index (χ0) is 15.6. The molecule has 2 N–H and O–H groups in total. The average molecular weight is 357 g/mol. The van der Waals surface area contributed by atoms with Crippen LogP contribution in [0.2, 0.25) is 0 Å². The Morgan fingerprint density at radius 3 is 2.43 bits per heavy atom. The fourth-order valence-corrected chi connectivity index (χ4v) is 4.20. The lowest BCUT2D eigenvalue weighted by Gasteiger charge is -2.43. The Bertz CT molecular complexity index is 479. The van der Waals surface area contributed by atoms with E-state index >= 15 is 0 Å². The van der Waals surface area contributed by atoms with Gasteiger partial charge in [-0.2, -0.15) is 5.10 Å². The molecule has 2 unspecified atom stereocenters. The summed E-state index contributed by atoms with van der Waals surface area (Å²) in [6, 6.07) is 0.122. The summed E-state index contributed by atoms with van der Waals surface area (Å²) in [6.45, 7) is 9.09. The second-order valence-electron chi connectivity index (χ2n) is 6.40. The van der Waals surface area contributed by atoms with Gasteiger partial charge in [0.2, 0.25) is 0 Å². The molecule has 2 atom stereocenters. The van der Waals surface area contributed by atoms with E-state index in [1.54, 1.807) is 0 Å². The summed E-state index contributed by atoms with van der Waals surface area (Å²) in [4.78, 5) is 2.59. The van der Waals surface area contributed by atoms with Gasteiger partial charge in [0, 0.05) is 25.0 Å². The number of nitrogens with two attached hydrogens (primary N) is 1. The topological polar surface area (TPSA) is 47.1 Å². The normalized spacial score (nSPS) is 20.7. The molecule has 2 heterocycles. The van der Waals surface area contributed by atoms with Gasteiger partial charge in [-0.05, 0) is 61.6 Å². The predicted octanol–water partition coefficient (Wildman–Crippen LogP) is 2.88. The van der Waals surface area contributed by atoms with Crippen LogP contribution in [0.25, 0.3) is 0 Å². The minimum atomic E-state index is 0.0760. The Morgan fingerprint density at radius 1 is 1.33 bits per heavy atom. The van der Waals surface area contributed by atoms with Gasteiger partial charge in [0.1, 0.15) is 0 Å². The van der Waals surface area contributed by atoms with E-state index in [9.17, 15) is 0 Å². The third kappa shape index (κ3) is 3.20. The van der Waals surface area contributed by atoms with Gasteiger partial charge in [-0.25, -0.2) is 0 Å². The van der Waals surface area contributed by atoms with Gasteiger partial charge >= 0.3 is 0 Å². The van der Waals surface area contributed by atoms with Crippen molar-refractivity contribution in [1.82, 2.24) is 14.7 Å². The SMILES string of the molecule is CCc1nn(C)c(CC(N)C(C)(CC)N2CCCC2)c1Br. The molecule has 0 bridgehead atoms. The van der Waals surface area contributed by atoms with E-state index in [2.05, 4.69) is 46.7 Å². The summed E-state index contributed by atoms with van der Waals surface area (Å²) in [7, 11) is 2.02.